The van der Waals surface area contributed by atoms with Gasteiger partial charge >= 0.3 is 0 Å². The van der Waals surface area contributed by atoms with E-state index in [2.05, 4.69) is 15.0 Å². The molecule has 3 rings (SSSR count). The van der Waals surface area contributed by atoms with Crippen LogP contribution in [0.5, 0.6) is 0 Å². The Bertz CT molecular complexity index is 773. The van der Waals surface area contributed by atoms with Gasteiger partial charge in [0.25, 0.3) is 0 Å². The SMILES string of the molecule is CC(C)(O)c1ccc2ncc(-c3ccnc(N)n3)n2c1. The van der Waals surface area contributed by atoms with Gasteiger partial charge in [0.2, 0.25) is 5.95 Å². The number of aliphatic hydroxyl groups is 1. The molecule has 3 heterocycles. The monoisotopic (exact) mass is 269 g/mol. The Morgan fingerprint density at radius 3 is 2.70 bits per heavy atom. The summed E-state index contributed by atoms with van der Waals surface area (Å²) in [5.74, 6) is 0.219. The highest BCUT2D eigenvalue weighted by Gasteiger charge is 2.17. The van der Waals surface area contributed by atoms with Gasteiger partial charge in [0.15, 0.2) is 0 Å². The van der Waals surface area contributed by atoms with Gasteiger partial charge in [-0.2, -0.15) is 0 Å². The summed E-state index contributed by atoms with van der Waals surface area (Å²) in [6.07, 6.45) is 5.19. The normalized spacial score (nSPS) is 11.9. The molecule has 0 saturated carbocycles. The lowest BCUT2D eigenvalue weighted by atomic mass is 10.0. The number of fused-ring (bicyclic) bond motifs is 1. The van der Waals surface area contributed by atoms with Crippen molar-refractivity contribution in [1.82, 2.24) is 19.4 Å². The minimum Gasteiger partial charge on any atom is -0.386 e. The highest BCUT2D eigenvalue weighted by molar-refractivity contribution is 5.61. The first kappa shape index (κ1) is 12.6. The number of imidazole rings is 1. The maximum Gasteiger partial charge on any atom is 0.220 e. The van der Waals surface area contributed by atoms with Crippen molar-refractivity contribution in [2.75, 3.05) is 5.73 Å². The van der Waals surface area contributed by atoms with E-state index in [0.29, 0.717) is 5.69 Å². The molecule has 0 aliphatic heterocycles. The molecule has 0 fully saturated rings. The minimum absolute atomic E-state index is 0.219. The third-order valence-electron chi connectivity index (χ3n) is 3.15. The van der Waals surface area contributed by atoms with Gasteiger partial charge < -0.3 is 10.8 Å². The zero-order valence-electron chi connectivity index (χ0n) is 11.3. The Morgan fingerprint density at radius 1 is 1.20 bits per heavy atom. The fourth-order valence-electron chi connectivity index (χ4n) is 2.05. The van der Waals surface area contributed by atoms with Crippen molar-refractivity contribution in [1.29, 1.82) is 0 Å². The molecule has 3 aromatic rings. The molecule has 0 saturated heterocycles. The minimum atomic E-state index is -0.916. The molecule has 0 bridgehead atoms. The van der Waals surface area contributed by atoms with E-state index in [1.807, 2.05) is 22.7 Å². The molecule has 0 aliphatic carbocycles. The summed E-state index contributed by atoms with van der Waals surface area (Å²) in [6, 6.07) is 5.50. The van der Waals surface area contributed by atoms with E-state index in [1.165, 1.54) is 0 Å². The molecular weight excluding hydrogens is 254 g/mol. The fourth-order valence-corrected chi connectivity index (χ4v) is 2.05. The van der Waals surface area contributed by atoms with Crippen molar-refractivity contribution in [3.63, 3.8) is 0 Å². The summed E-state index contributed by atoms with van der Waals surface area (Å²) in [5.41, 5.74) is 7.78. The number of anilines is 1. The number of nitrogens with zero attached hydrogens (tertiary/aromatic N) is 4. The summed E-state index contributed by atoms with van der Waals surface area (Å²) in [6.45, 7) is 3.49. The summed E-state index contributed by atoms with van der Waals surface area (Å²) in [4.78, 5) is 12.4. The Hall–Kier alpha value is -2.47. The molecule has 0 radical (unpaired) electrons. The smallest absolute Gasteiger partial charge is 0.220 e. The molecule has 0 atom stereocenters. The summed E-state index contributed by atoms with van der Waals surface area (Å²) in [5, 5.41) is 10.1. The molecule has 3 N–H and O–H groups in total. The highest BCUT2D eigenvalue weighted by atomic mass is 16.3. The maximum atomic E-state index is 10.1. The van der Waals surface area contributed by atoms with Gasteiger partial charge in [0.05, 0.1) is 23.2 Å². The van der Waals surface area contributed by atoms with Crippen LogP contribution in [0.25, 0.3) is 17.0 Å². The lowest BCUT2D eigenvalue weighted by Crippen LogP contribution is -2.16. The van der Waals surface area contributed by atoms with Gasteiger partial charge in [-0.1, -0.05) is 6.07 Å². The molecule has 6 heteroatoms. The number of nitrogens with two attached hydrogens (primary N) is 1. The number of hydrogen-bond acceptors (Lipinski definition) is 5. The predicted octanol–water partition coefficient (Wildman–Crippen LogP) is 1.60. The molecule has 0 unspecified atom stereocenters. The third-order valence-corrected chi connectivity index (χ3v) is 3.15. The van der Waals surface area contributed by atoms with Crippen LogP contribution in [-0.4, -0.2) is 24.5 Å². The first-order chi connectivity index (χ1) is 9.45. The fraction of sp³-hybridized carbons (Fsp3) is 0.214. The standard InChI is InChI=1S/C14H15N5O/c1-14(2,20)9-3-4-12-17-7-11(19(12)8-9)10-5-6-16-13(15)18-10/h3-8,20H,1-2H3,(H2,15,16,18). The van der Waals surface area contributed by atoms with Crippen LogP contribution in [0.2, 0.25) is 0 Å². The van der Waals surface area contributed by atoms with Gasteiger partial charge in [-0.25, -0.2) is 15.0 Å². The van der Waals surface area contributed by atoms with E-state index in [0.717, 1.165) is 16.9 Å². The second-order valence-electron chi connectivity index (χ2n) is 5.15. The predicted molar refractivity (Wildman–Crippen MR) is 75.9 cm³/mol. The molecule has 6 nitrogen and oxygen atoms in total. The van der Waals surface area contributed by atoms with Crippen LogP contribution in [0.1, 0.15) is 19.4 Å². The molecule has 0 amide bonds. The van der Waals surface area contributed by atoms with Crippen LogP contribution in [-0.2, 0) is 5.60 Å². The number of nitrogen functional groups attached to an aromatic ring is 1. The van der Waals surface area contributed by atoms with Crippen LogP contribution < -0.4 is 5.73 Å². The van der Waals surface area contributed by atoms with Crippen LogP contribution >= 0.6 is 0 Å². The van der Waals surface area contributed by atoms with E-state index in [9.17, 15) is 5.11 Å². The molecule has 0 spiro atoms. The van der Waals surface area contributed by atoms with Gasteiger partial charge in [-0.15, -0.1) is 0 Å². The van der Waals surface area contributed by atoms with Crippen LogP contribution in [0.15, 0.2) is 36.8 Å². The molecule has 0 aliphatic rings. The Morgan fingerprint density at radius 2 is 2.00 bits per heavy atom. The zero-order chi connectivity index (χ0) is 14.3. The van der Waals surface area contributed by atoms with Crippen molar-refractivity contribution in [3.05, 3.63) is 42.4 Å². The van der Waals surface area contributed by atoms with Crippen molar-refractivity contribution in [2.45, 2.75) is 19.4 Å². The Balaban J connectivity index is 2.22. The van der Waals surface area contributed by atoms with Crippen LogP contribution in [0.3, 0.4) is 0 Å². The van der Waals surface area contributed by atoms with E-state index in [-0.39, 0.29) is 5.95 Å². The van der Waals surface area contributed by atoms with Gasteiger partial charge in [-0.3, -0.25) is 4.40 Å². The van der Waals surface area contributed by atoms with Crippen LogP contribution in [0, 0.1) is 0 Å². The first-order valence-corrected chi connectivity index (χ1v) is 6.24. The quantitative estimate of drug-likeness (QED) is 0.737. The largest absolute Gasteiger partial charge is 0.386 e. The first-order valence-electron chi connectivity index (χ1n) is 6.24. The van der Waals surface area contributed by atoms with Gasteiger partial charge in [0.1, 0.15) is 5.65 Å². The number of pyridine rings is 1. The summed E-state index contributed by atoms with van der Waals surface area (Å²) in [7, 11) is 0. The molecular formula is C14H15N5O. The van der Waals surface area contributed by atoms with Gasteiger partial charge in [0, 0.05) is 12.4 Å². The number of hydrogen-bond donors (Lipinski definition) is 2. The molecule has 102 valence electrons. The average molecular weight is 269 g/mol. The molecule has 3 aromatic heterocycles. The van der Waals surface area contributed by atoms with Crippen molar-refractivity contribution in [3.8, 4) is 11.4 Å². The molecule has 0 aromatic carbocycles. The van der Waals surface area contributed by atoms with E-state index < -0.39 is 5.60 Å². The second kappa shape index (κ2) is 4.28. The Labute approximate surface area is 115 Å². The zero-order valence-corrected chi connectivity index (χ0v) is 11.3. The highest BCUT2D eigenvalue weighted by Crippen LogP contribution is 2.24. The van der Waals surface area contributed by atoms with Crippen molar-refractivity contribution in [2.24, 2.45) is 0 Å². The lowest BCUT2D eigenvalue weighted by Gasteiger charge is -2.18. The maximum absolute atomic E-state index is 10.1. The summed E-state index contributed by atoms with van der Waals surface area (Å²) >= 11 is 0. The van der Waals surface area contributed by atoms with Crippen molar-refractivity contribution >= 4 is 11.6 Å². The third kappa shape index (κ3) is 2.10. The average Bonchev–Trinajstić information content (AvgIpc) is 2.80. The van der Waals surface area contributed by atoms with E-state index in [4.69, 9.17) is 5.73 Å². The second-order valence-corrected chi connectivity index (χ2v) is 5.15. The lowest BCUT2D eigenvalue weighted by molar-refractivity contribution is 0.0782. The van der Waals surface area contributed by atoms with Crippen LogP contribution in [0.4, 0.5) is 5.95 Å². The number of aromatic nitrogens is 4. The Kier molecular flexibility index (Phi) is 2.69. The number of rotatable bonds is 2. The van der Waals surface area contributed by atoms with Crippen molar-refractivity contribution < 1.29 is 5.11 Å². The van der Waals surface area contributed by atoms with E-state index in [1.54, 1.807) is 32.3 Å². The summed E-state index contributed by atoms with van der Waals surface area (Å²) < 4.78 is 1.88. The van der Waals surface area contributed by atoms with Gasteiger partial charge in [-0.05, 0) is 31.5 Å². The van der Waals surface area contributed by atoms with E-state index >= 15 is 0 Å². The molecule has 20 heavy (non-hydrogen) atoms. The topological polar surface area (TPSA) is 89.3 Å².